The third-order valence-electron chi connectivity index (χ3n) is 3.35. The number of amides is 1. The highest BCUT2D eigenvalue weighted by Gasteiger charge is 2.27. The van der Waals surface area contributed by atoms with Gasteiger partial charge in [-0.1, -0.05) is 19.3 Å². The van der Waals surface area contributed by atoms with Crippen molar-refractivity contribution < 1.29 is 19.1 Å². The standard InChI is InChI=1S/C15H27NO4/c1-5-19-13(17)12(10-9-11-7-6-8-11)16-14(18)20-15(2,3)4/h11-12H,5-10H2,1-4H3,(H,16,18). The number of carbonyl (C=O) groups excluding carboxylic acids is 2. The Labute approximate surface area is 121 Å². The molecule has 0 radical (unpaired) electrons. The van der Waals surface area contributed by atoms with Gasteiger partial charge in [0.1, 0.15) is 11.6 Å². The van der Waals surface area contributed by atoms with Crippen LogP contribution >= 0.6 is 0 Å². The number of ether oxygens (including phenoxy) is 2. The molecule has 1 atom stereocenters. The first-order valence-electron chi connectivity index (χ1n) is 7.48. The summed E-state index contributed by atoms with van der Waals surface area (Å²) in [4.78, 5) is 23.6. The molecule has 1 unspecified atom stereocenters. The predicted molar refractivity (Wildman–Crippen MR) is 76.4 cm³/mol. The molecule has 1 fully saturated rings. The fourth-order valence-corrected chi connectivity index (χ4v) is 2.13. The van der Waals surface area contributed by atoms with E-state index in [9.17, 15) is 9.59 Å². The maximum atomic E-state index is 11.9. The highest BCUT2D eigenvalue weighted by atomic mass is 16.6. The smallest absolute Gasteiger partial charge is 0.408 e. The summed E-state index contributed by atoms with van der Waals surface area (Å²) < 4.78 is 10.2. The highest BCUT2D eigenvalue weighted by Crippen LogP contribution is 2.30. The van der Waals surface area contributed by atoms with E-state index in [-0.39, 0.29) is 5.97 Å². The largest absolute Gasteiger partial charge is 0.464 e. The lowest BCUT2D eigenvalue weighted by Crippen LogP contribution is -2.44. The van der Waals surface area contributed by atoms with Crippen molar-refractivity contribution in [2.24, 2.45) is 5.92 Å². The maximum Gasteiger partial charge on any atom is 0.408 e. The molecule has 0 bridgehead atoms. The minimum absolute atomic E-state index is 0.314. The monoisotopic (exact) mass is 285 g/mol. The van der Waals surface area contributed by atoms with E-state index in [4.69, 9.17) is 9.47 Å². The Hall–Kier alpha value is -1.26. The third kappa shape index (κ3) is 6.26. The van der Waals surface area contributed by atoms with Crippen LogP contribution < -0.4 is 5.32 Å². The van der Waals surface area contributed by atoms with E-state index >= 15 is 0 Å². The number of hydrogen-bond acceptors (Lipinski definition) is 4. The predicted octanol–water partition coefficient (Wildman–Crippen LogP) is 3.02. The van der Waals surface area contributed by atoms with Crippen LogP contribution in [0.3, 0.4) is 0 Å². The van der Waals surface area contributed by atoms with E-state index in [1.807, 2.05) is 0 Å². The van der Waals surface area contributed by atoms with Crippen molar-refractivity contribution in [3.8, 4) is 0 Å². The average Bonchev–Trinajstić information content (AvgIpc) is 2.23. The van der Waals surface area contributed by atoms with Crippen LogP contribution in [0.2, 0.25) is 0 Å². The highest BCUT2D eigenvalue weighted by molar-refractivity contribution is 5.81. The fraction of sp³-hybridized carbons (Fsp3) is 0.867. The van der Waals surface area contributed by atoms with Crippen molar-refractivity contribution in [3.63, 3.8) is 0 Å². The molecule has 0 saturated heterocycles. The van der Waals surface area contributed by atoms with Crippen molar-refractivity contribution in [1.82, 2.24) is 5.32 Å². The first kappa shape index (κ1) is 16.8. The molecule has 1 aliphatic rings. The summed E-state index contributed by atoms with van der Waals surface area (Å²) in [7, 11) is 0. The summed E-state index contributed by atoms with van der Waals surface area (Å²) in [5, 5.41) is 2.63. The SMILES string of the molecule is CCOC(=O)C(CCC1CCC1)NC(=O)OC(C)(C)C. The van der Waals surface area contributed by atoms with Gasteiger partial charge in [0.15, 0.2) is 0 Å². The van der Waals surface area contributed by atoms with Crippen LogP contribution in [0.15, 0.2) is 0 Å². The van der Waals surface area contributed by atoms with Gasteiger partial charge in [0.25, 0.3) is 0 Å². The number of hydrogen-bond donors (Lipinski definition) is 1. The van der Waals surface area contributed by atoms with E-state index in [0.717, 1.165) is 6.42 Å². The summed E-state index contributed by atoms with van der Waals surface area (Å²) in [6.07, 6.45) is 4.71. The Morgan fingerprint density at radius 1 is 1.30 bits per heavy atom. The molecule has 116 valence electrons. The minimum Gasteiger partial charge on any atom is -0.464 e. The lowest BCUT2D eigenvalue weighted by atomic mass is 9.81. The van der Waals surface area contributed by atoms with E-state index in [1.54, 1.807) is 27.7 Å². The number of alkyl carbamates (subject to hydrolysis) is 1. The molecule has 1 N–H and O–H groups in total. The normalized spacial score (nSPS) is 17.0. The van der Waals surface area contributed by atoms with Gasteiger partial charge >= 0.3 is 12.1 Å². The summed E-state index contributed by atoms with van der Waals surface area (Å²) in [6.45, 7) is 7.45. The van der Waals surface area contributed by atoms with Gasteiger partial charge < -0.3 is 14.8 Å². The minimum atomic E-state index is -0.606. The first-order chi connectivity index (χ1) is 9.31. The molecule has 5 nitrogen and oxygen atoms in total. The van der Waals surface area contributed by atoms with Crippen molar-refractivity contribution in [3.05, 3.63) is 0 Å². The van der Waals surface area contributed by atoms with Gasteiger partial charge in [-0.15, -0.1) is 0 Å². The zero-order chi connectivity index (χ0) is 15.2. The lowest BCUT2D eigenvalue weighted by Gasteiger charge is -2.27. The topological polar surface area (TPSA) is 64.6 Å². The molecule has 20 heavy (non-hydrogen) atoms. The summed E-state index contributed by atoms with van der Waals surface area (Å²) >= 11 is 0. The molecular weight excluding hydrogens is 258 g/mol. The first-order valence-corrected chi connectivity index (χ1v) is 7.48. The molecule has 0 spiro atoms. The van der Waals surface area contributed by atoms with Gasteiger partial charge in [-0.05, 0) is 46.5 Å². The molecule has 1 aliphatic carbocycles. The molecule has 0 aromatic rings. The number of esters is 1. The number of rotatable bonds is 6. The second-order valence-corrected chi connectivity index (χ2v) is 6.33. The van der Waals surface area contributed by atoms with Crippen LogP contribution in [0.25, 0.3) is 0 Å². The maximum absolute atomic E-state index is 11.9. The molecule has 0 aliphatic heterocycles. The molecule has 0 aromatic heterocycles. The fourth-order valence-electron chi connectivity index (χ4n) is 2.13. The molecule has 1 saturated carbocycles. The third-order valence-corrected chi connectivity index (χ3v) is 3.35. The van der Waals surface area contributed by atoms with Crippen LogP contribution in [-0.2, 0) is 14.3 Å². The Morgan fingerprint density at radius 3 is 2.40 bits per heavy atom. The lowest BCUT2D eigenvalue weighted by molar-refractivity contribution is -0.146. The van der Waals surface area contributed by atoms with Gasteiger partial charge in [0, 0.05) is 0 Å². The summed E-state index contributed by atoms with van der Waals surface area (Å²) in [5.74, 6) is 0.310. The Morgan fingerprint density at radius 2 is 1.95 bits per heavy atom. The van der Waals surface area contributed by atoms with Gasteiger partial charge in [-0.25, -0.2) is 9.59 Å². The molecule has 1 rings (SSSR count). The number of nitrogens with one attached hydrogen (secondary N) is 1. The second kappa shape index (κ2) is 7.50. The molecule has 1 amide bonds. The summed E-state index contributed by atoms with van der Waals surface area (Å²) in [5.41, 5.74) is -0.572. The van der Waals surface area contributed by atoms with E-state index in [2.05, 4.69) is 5.32 Å². The van der Waals surface area contributed by atoms with Crippen molar-refractivity contribution >= 4 is 12.1 Å². The van der Waals surface area contributed by atoms with Gasteiger partial charge in [-0.2, -0.15) is 0 Å². The number of carbonyl (C=O) groups is 2. The zero-order valence-electron chi connectivity index (χ0n) is 13.0. The van der Waals surface area contributed by atoms with E-state index in [0.29, 0.717) is 18.9 Å². The molecule has 5 heteroatoms. The Kier molecular flexibility index (Phi) is 6.30. The van der Waals surface area contributed by atoms with Crippen molar-refractivity contribution in [2.75, 3.05) is 6.61 Å². The van der Waals surface area contributed by atoms with Gasteiger partial charge in [-0.3, -0.25) is 0 Å². The van der Waals surface area contributed by atoms with Crippen LogP contribution in [0.4, 0.5) is 4.79 Å². The van der Waals surface area contributed by atoms with E-state index < -0.39 is 17.7 Å². The van der Waals surface area contributed by atoms with Crippen LogP contribution in [0.5, 0.6) is 0 Å². The quantitative estimate of drug-likeness (QED) is 0.762. The Balaban J connectivity index is 2.47. The molecule has 0 heterocycles. The van der Waals surface area contributed by atoms with Crippen LogP contribution in [-0.4, -0.2) is 30.3 Å². The van der Waals surface area contributed by atoms with Crippen molar-refractivity contribution in [2.45, 2.75) is 71.4 Å². The average molecular weight is 285 g/mol. The molecular formula is C15H27NO4. The zero-order valence-corrected chi connectivity index (χ0v) is 13.0. The van der Waals surface area contributed by atoms with Gasteiger partial charge in [0.05, 0.1) is 6.61 Å². The van der Waals surface area contributed by atoms with Crippen LogP contribution in [0, 0.1) is 5.92 Å². The van der Waals surface area contributed by atoms with Crippen molar-refractivity contribution in [1.29, 1.82) is 0 Å². The van der Waals surface area contributed by atoms with Crippen LogP contribution in [0.1, 0.15) is 59.8 Å². The van der Waals surface area contributed by atoms with Gasteiger partial charge in [0.2, 0.25) is 0 Å². The summed E-state index contributed by atoms with van der Waals surface area (Å²) in [6, 6.07) is -0.606. The van der Waals surface area contributed by atoms with E-state index in [1.165, 1.54) is 19.3 Å². The Bertz CT molecular complexity index is 331. The second-order valence-electron chi connectivity index (χ2n) is 6.33. The molecule has 0 aromatic carbocycles.